The van der Waals surface area contributed by atoms with Crippen LogP contribution in [0, 0.1) is 6.92 Å². The summed E-state index contributed by atoms with van der Waals surface area (Å²) < 4.78 is 30.8. The standard InChI is InChI=1S/C23H30N2O5S/c1-5-18-12-14-19(15-13-18)25(31(4,28)29)16-8-11-22(26)24-21-10-7-9-20(17(21)3)23(27)30-6-2/h7,9-10,12-15H,5-6,8,11,16H2,1-4H3,(H,24,26). The number of ether oxygens (including phenoxy) is 1. The van der Waals surface area contributed by atoms with Gasteiger partial charge in [0, 0.05) is 18.7 Å². The zero-order valence-corrected chi connectivity index (χ0v) is 19.3. The van der Waals surface area contributed by atoms with Crippen molar-refractivity contribution in [1.29, 1.82) is 0 Å². The highest BCUT2D eigenvalue weighted by Crippen LogP contribution is 2.21. The molecule has 0 unspecified atom stereocenters. The van der Waals surface area contributed by atoms with Crippen LogP contribution in [-0.4, -0.2) is 39.7 Å². The van der Waals surface area contributed by atoms with Crippen molar-refractivity contribution in [1.82, 2.24) is 0 Å². The van der Waals surface area contributed by atoms with Crippen molar-refractivity contribution in [2.45, 2.75) is 40.0 Å². The van der Waals surface area contributed by atoms with Gasteiger partial charge >= 0.3 is 5.97 Å². The highest BCUT2D eigenvalue weighted by Gasteiger charge is 2.18. The number of carbonyl (C=O) groups excluding carboxylic acids is 2. The van der Waals surface area contributed by atoms with Crippen LogP contribution in [0.25, 0.3) is 0 Å². The molecule has 0 radical (unpaired) electrons. The van der Waals surface area contributed by atoms with Crippen LogP contribution in [0.3, 0.4) is 0 Å². The maximum absolute atomic E-state index is 12.4. The number of nitrogens with one attached hydrogen (secondary N) is 1. The van der Waals surface area contributed by atoms with Crippen LogP contribution in [0.4, 0.5) is 11.4 Å². The van der Waals surface area contributed by atoms with Crippen molar-refractivity contribution < 1.29 is 22.7 Å². The Balaban J connectivity index is 2.01. The van der Waals surface area contributed by atoms with Gasteiger partial charge in [0.2, 0.25) is 15.9 Å². The molecule has 0 spiro atoms. The monoisotopic (exact) mass is 446 g/mol. The summed E-state index contributed by atoms with van der Waals surface area (Å²) in [6.45, 7) is 5.97. The number of sulfonamides is 1. The van der Waals surface area contributed by atoms with Crippen molar-refractivity contribution in [2.24, 2.45) is 0 Å². The van der Waals surface area contributed by atoms with E-state index in [-0.39, 0.29) is 25.5 Å². The Kier molecular flexibility index (Phi) is 8.62. The molecule has 0 aliphatic heterocycles. The Labute approximate surface area is 184 Å². The molecule has 0 aliphatic carbocycles. The van der Waals surface area contributed by atoms with Crippen LogP contribution in [-0.2, 0) is 26.0 Å². The summed E-state index contributed by atoms with van der Waals surface area (Å²) in [6, 6.07) is 12.4. The lowest BCUT2D eigenvalue weighted by Crippen LogP contribution is -2.31. The number of amides is 1. The van der Waals surface area contributed by atoms with Gasteiger partial charge in [-0.2, -0.15) is 0 Å². The molecule has 2 aromatic carbocycles. The molecule has 2 rings (SSSR count). The van der Waals surface area contributed by atoms with Gasteiger partial charge in [0.15, 0.2) is 0 Å². The van der Waals surface area contributed by atoms with Gasteiger partial charge in [-0.1, -0.05) is 25.1 Å². The van der Waals surface area contributed by atoms with Crippen LogP contribution in [0.1, 0.15) is 48.2 Å². The Morgan fingerprint density at radius 1 is 1.06 bits per heavy atom. The fourth-order valence-electron chi connectivity index (χ4n) is 3.18. The molecule has 8 heteroatoms. The maximum atomic E-state index is 12.4. The minimum absolute atomic E-state index is 0.141. The molecule has 1 N–H and O–H groups in total. The largest absolute Gasteiger partial charge is 0.462 e. The molecule has 0 saturated carbocycles. The molecule has 0 atom stereocenters. The molecule has 168 valence electrons. The quantitative estimate of drug-likeness (QED) is 0.559. The van der Waals surface area contributed by atoms with Crippen molar-refractivity contribution in [3.63, 3.8) is 0 Å². The summed E-state index contributed by atoms with van der Waals surface area (Å²) in [4.78, 5) is 24.4. The number of carbonyl (C=O) groups is 2. The van der Waals surface area contributed by atoms with Crippen molar-refractivity contribution in [2.75, 3.05) is 29.0 Å². The van der Waals surface area contributed by atoms with E-state index in [0.717, 1.165) is 18.2 Å². The van der Waals surface area contributed by atoms with Crippen molar-refractivity contribution >= 4 is 33.3 Å². The Morgan fingerprint density at radius 2 is 1.74 bits per heavy atom. The first-order valence-corrected chi connectivity index (χ1v) is 12.2. The summed E-state index contributed by atoms with van der Waals surface area (Å²) in [5, 5.41) is 2.80. The average molecular weight is 447 g/mol. The van der Waals surface area contributed by atoms with E-state index in [1.807, 2.05) is 19.1 Å². The molecule has 0 aromatic heterocycles. The van der Waals surface area contributed by atoms with Crippen molar-refractivity contribution in [3.8, 4) is 0 Å². The number of esters is 1. The second-order valence-corrected chi connectivity index (χ2v) is 9.11. The third-order valence-electron chi connectivity index (χ3n) is 4.90. The molecule has 7 nitrogen and oxygen atoms in total. The second-order valence-electron chi connectivity index (χ2n) is 7.21. The van der Waals surface area contributed by atoms with E-state index in [4.69, 9.17) is 4.74 Å². The van der Waals surface area contributed by atoms with Crippen LogP contribution in [0.2, 0.25) is 0 Å². The second kappa shape index (κ2) is 10.9. The molecule has 0 fully saturated rings. The normalized spacial score (nSPS) is 11.1. The number of hydrogen-bond acceptors (Lipinski definition) is 5. The van der Waals surface area contributed by atoms with E-state index >= 15 is 0 Å². The maximum Gasteiger partial charge on any atom is 0.338 e. The fraction of sp³-hybridized carbons (Fsp3) is 0.391. The van der Waals surface area contributed by atoms with Gasteiger partial charge in [-0.15, -0.1) is 0 Å². The smallest absolute Gasteiger partial charge is 0.338 e. The lowest BCUT2D eigenvalue weighted by molar-refractivity contribution is -0.116. The molecular weight excluding hydrogens is 416 g/mol. The van der Waals surface area contributed by atoms with Gasteiger partial charge in [-0.05, 0) is 62.1 Å². The number of hydrogen-bond donors (Lipinski definition) is 1. The molecule has 31 heavy (non-hydrogen) atoms. The van der Waals surface area contributed by atoms with E-state index in [2.05, 4.69) is 5.32 Å². The fourth-order valence-corrected chi connectivity index (χ4v) is 4.15. The van der Waals surface area contributed by atoms with Crippen LogP contribution in [0.15, 0.2) is 42.5 Å². The molecule has 1 amide bonds. The Bertz CT molecular complexity index is 1020. The number of nitrogens with zero attached hydrogens (tertiary/aromatic N) is 1. The lowest BCUT2D eigenvalue weighted by atomic mass is 10.1. The number of aryl methyl sites for hydroxylation is 1. The first-order chi connectivity index (χ1) is 14.7. The van der Waals surface area contributed by atoms with Gasteiger partial charge in [0.1, 0.15) is 0 Å². The number of benzene rings is 2. The van der Waals surface area contributed by atoms with E-state index in [9.17, 15) is 18.0 Å². The predicted molar refractivity (Wildman–Crippen MR) is 123 cm³/mol. The summed E-state index contributed by atoms with van der Waals surface area (Å²) in [5.41, 5.74) is 3.27. The third kappa shape index (κ3) is 6.82. The number of anilines is 2. The molecule has 0 heterocycles. The summed E-state index contributed by atoms with van der Waals surface area (Å²) >= 11 is 0. The SMILES string of the molecule is CCOC(=O)c1cccc(NC(=O)CCCN(c2ccc(CC)cc2)S(C)(=O)=O)c1C. The molecule has 0 saturated heterocycles. The van der Waals surface area contributed by atoms with E-state index in [1.54, 1.807) is 44.2 Å². The van der Waals surface area contributed by atoms with Gasteiger partial charge in [0.05, 0.1) is 24.1 Å². The lowest BCUT2D eigenvalue weighted by Gasteiger charge is -2.22. The van der Waals surface area contributed by atoms with E-state index in [1.165, 1.54) is 4.31 Å². The van der Waals surface area contributed by atoms with Gasteiger partial charge in [0.25, 0.3) is 0 Å². The van der Waals surface area contributed by atoms with Gasteiger partial charge in [-0.3, -0.25) is 9.10 Å². The molecule has 0 bridgehead atoms. The summed E-state index contributed by atoms with van der Waals surface area (Å²) in [5.74, 6) is -0.687. The predicted octanol–water partition coefficient (Wildman–Crippen LogP) is 3.92. The minimum Gasteiger partial charge on any atom is -0.462 e. The first-order valence-electron chi connectivity index (χ1n) is 10.3. The topological polar surface area (TPSA) is 92.8 Å². The van der Waals surface area contributed by atoms with Crippen LogP contribution in [0.5, 0.6) is 0 Å². The highest BCUT2D eigenvalue weighted by atomic mass is 32.2. The van der Waals surface area contributed by atoms with E-state index < -0.39 is 16.0 Å². The summed E-state index contributed by atoms with van der Waals surface area (Å²) in [6.07, 6.45) is 2.52. The Hall–Kier alpha value is -2.87. The van der Waals surface area contributed by atoms with Crippen LogP contribution >= 0.6 is 0 Å². The van der Waals surface area contributed by atoms with Crippen LogP contribution < -0.4 is 9.62 Å². The van der Waals surface area contributed by atoms with E-state index in [0.29, 0.717) is 28.9 Å². The average Bonchev–Trinajstić information content (AvgIpc) is 2.72. The third-order valence-corrected chi connectivity index (χ3v) is 6.10. The number of rotatable bonds is 10. The summed E-state index contributed by atoms with van der Waals surface area (Å²) in [7, 11) is -3.47. The molecular formula is C23H30N2O5S. The minimum atomic E-state index is -3.47. The van der Waals surface area contributed by atoms with Gasteiger partial charge < -0.3 is 10.1 Å². The Morgan fingerprint density at radius 3 is 2.32 bits per heavy atom. The first kappa shape index (κ1) is 24.4. The van der Waals surface area contributed by atoms with Gasteiger partial charge in [-0.25, -0.2) is 13.2 Å². The zero-order valence-electron chi connectivity index (χ0n) is 18.5. The molecule has 0 aliphatic rings. The zero-order chi connectivity index (χ0) is 23.0. The molecule has 2 aromatic rings. The highest BCUT2D eigenvalue weighted by molar-refractivity contribution is 7.92. The van der Waals surface area contributed by atoms with Crippen molar-refractivity contribution in [3.05, 3.63) is 59.2 Å².